The van der Waals surface area contributed by atoms with E-state index in [0.29, 0.717) is 11.6 Å². The van der Waals surface area contributed by atoms with E-state index in [9.17, 15) is 4.79 Å². The van der Waals surface area contributed by atoms with Crippen LogP contribution < -0.4 is 10.2 Å². The number of likely N-dealkylation sites (N-methyl/N-ethyl adjacent to an activating group) is 1. The van der Waals surface area contributed by atoms with Gasteiger partial charge in [-0.1, -0.05) is 23.7 Å². The quantitative estimate of drug-likeness (QED) is 0.727. The monoisotopic (exact) mass is 383 g/mol. The molecule has 2 N–H and O–H groups in total. The van der Waals surface area contributed by atoms with Gasteiger partial charge >= 0.3 is 0 Å². The average Bonchev–Trinajstić information content (AvgIpc) is 3.13. The zero-order chi connectivity index (χ0) is 18.8. The summed E-state index contributed by atoms with van der Waals surface area (Å²) in [4.78, 5) is 24.1. The SMILES string of the molecule is CNC(=O)CN1CCN(c2ccc(Cl)c(-c3nc4ccccc4[nH]3)c2)CC1. The largest absolute Gasteiger partial charge is 0.369 e. The van der Waals surface area contributed by atoms with Crippen molar-refractivity contribution in [2.24, 2.45) is 0 Å². The highest BCUT2D eigenvalue weighted by Gasteiger charge is 2.20. The maximum absolute atomic E-state index is 11.6. The van der Waals surface area contributed by atoms with Gasteiger partial charge in [0.2, 0.25) is 5.91 Å². The molecule has 0 bridgehead atoms. The number of fused-ring (bicyclic) bond motifs is 1. The number of anilines is 1. The summed E-state index contributed by atoms with van der Waals surface area (Å²) in [5.41, 5.74) is 3.95. The molecule has 1 aromatic heterocycles. The third kappa shape index (κ3) is 3.77. The molecule has 0 unspecified atom stereocenters. The molecule has 7 heteroatoms. The van der Waals surface area contributed by atoms with Gasteiger partial charge < -0.3 is 15.2 Å². The van der Waals surface area contributed by atoms with Crippen molar-refractivity contribution in [1.29, 1.82) is 0 Å². The van der Waals surface area contributed by atoms with Crippen LogP contribution in [0.5, 0.6) is 0 Å². The molecule has 3 aromatic rings. The van der Waals surface area contributed by atoms with Gasteiger partial charge in [0.15, 0.2) is 0 Å². The number of rotatable bonds is 4. The summed E-state index contributed by atoms with van der Waals surface area (Å²) < 4.78 is 0. The Morgan fingerprint density at radius 3 is 2.70 bits per heavy atom. The van der Waals surface area contributed by atoms with Gasteiger partial charge in [-0.2, -0.15) is 0 Å². The Bertz CT molecular complexity index is 929. The van der Waals surface area contributed by atoms with E-state index in [-0.39, 0.29) is 5.91 Å². The molecule has 6 nitrogen and oxygen atoms in total. The van der Waals surface area contributed by atoms with Crippen molar-refractivity contribution >= 4 is 34.2 Å². The molecule has 4 rings (SSSR count). The highest BCUT2D eigenvalue weighted by molar-refractivity contribution is 6.33. The topological polar surface area (TPSA) is 64.3 Å². The molecular weight excluding hydrogens is 362 g/mol. The zero-order valence-electron chi connectivity index (χ0n) is 15.2. The van der Waals surface area contributed by atoms with Crippen LogP contribution in [0.3, 0.4) is 0 Å². The number of amides is 1. The number of hydrogen-bond acceptors (Lipinski definition) is 4. The maximum Gasteiger partial charge on any atom is 0.233 e. The van der Waals surface area contributed by atoms with Gasteiger partial charge in [-0.05, 0) is 30.3 Å². The van der Waals surface area contributed by atoms with Crippen LogP contribution >= 0.6 is 11.6 Å². The van der Waals surface area contributed by atoms with Crippen molar-refractivity contribution in [3.63, 3.8) is 0 Å². The number of piperazine rings is 1. The number of para-hydroxylation sites is 2. The standard InChI is InChI=1S/C20H22ClN5O/c1-22-19(27)13-25-8-10-26(11-9-25)14-6-7-16(21)15(12-14)20-23-17-4-2-3-5-18(17)24-20/h2-7,12H,8-11,13H2,1H3,(H,22,27)(H,23,24). The average molecular weight is 384 g/mol. The van der Waals surface area contributed by atoms with E-state index in [1.165, 1.54) is 0 Å². The van der Waals surface area contributed by atoms with Crippen molar-refractivity contribution in [1.82, 2.24) is 20.2 Å². The van der Waals surface area contributed by atoms with Gasteiger partial charge in [-0.3, -0.25) is 9.69 Å². The van der Waals surface area contributed by atoms with Crippen molar-refractivity contribution in [2.75, 3.05) is 44.7 Å². The number of hydrogen-bond donors (Lipinski definition) is 2. The Labute approximate surface area is 163 Å². The molecular formula is C20H22ClN5O. The number of aromatic nitrogens is 2. The highest BCUT2D eigenvalue weighted by atomic mass is 35.5. The van der Waals surface area contributed by atoms with Crippen molar-refractivity contribution in [3.8, 4) is 11.4 Å². The number of nitrogens with one attached hydrogen (secondary N) is 2. The number of benzene rings is 2. The predicted molar refractivity (Wildman–Crippen MR) is 109 cm³/mol. The first-order chi connectivity index (χ1) is 13.1. The molecule has 2 heterocycles. The molecule has 1 aliphatic heterocycles. The molecule has 27 heavy (non-hydrogen) atoms. The van der Waals surface area contributed by atoms with Gasteiger partial charge in [0, 0.05) is 44.5 Å². The first-order valence-electron chi connectivity index (χ1n) is 9.06. The second-order valence-electron chi connectivity index (χ2n) is 6.70. The second-order valence-corrected chi connectivity index (χ2v) is 7.11. The molecule has 1 aliphatic rings. The Kier molecular flexibility index (Phi) is 5.01. The first kappa shape index (κ1) is 17.8. The number of carbonyl (C=O) groups excluding carboxylic acids is 1. The molecule has 0 saturated carbocycles. The Balaban J connectivity index is 1.54. The Morgan fingerprint density at radius 2 is 1.96 bits per heavy atom. The smallest absolute Gasteiger partial charge is 0.233 e. The summed E-state index contributed by atoms with van der Waals surface area (Å²) in [5.74, 6) is 0.836. The first-order valence-corrected chi connectivity index (χ1v) is 9.44. The number of nitrogens with zero attached hydrogens (tertiary/aromatic N) is 3. The minimum absolute atomic E-state index is 0.0575. The van der Waals surface area contributed by atoms with Crippen molar-refractivity contribution in [2.45, 2.75) is 0 Å². The predicted octanol–water partition coefficient (Wildman–Crippen LogP) is 2.75. The normalized spacial score (nSPS) is 15.3. The second kappa shape index (κ2) is 7.58. The van der Waals surface area contributed by atoms with Gasteiger partial charge in [0.05, 0.1) is 22.6 Å². The van der Waals surface area contributed by atoms with E-state index in [1.807, 2.05) is 36.4 Å². The van der Waals surface area contributed by atoms with E-state index >= 15 is 0 Å². The molecule has 0 atom stereocenters. The zero-order valence-corrected chi connectivity index (χ0v) is 16.0. The van der Waals surface area contributed by atoms with Crippen LogP contribution in [0.1, 0.15) is 0 Å². The molecule has 0 radical (unpaired) electrons. The van der Waals surface area contributed by atoms with E-state index in [4.69, 9.17) is 11.6 Å². The van der Waals surface area contributed by atoms with Crippen LogP contribution in [-0.2, 0) is 4.79 Å². The third-order valence-electron chi connectivity index (χ3n) is 4.98. The molecule has 1 fully saturated rings. The van der Waals surface area contributed by atoms with Crippen LogP contribution in [0.15, 0.2) is 42.5 Å². The number of H-pyrrole nitrogens is 1. The highest BCUT2D eigenvalue weighted by Crippen LogP contribution is 2.31. The minimum atomic E-state index is 0.0575. The lowest BCUT2D eigenvalue weighted by molar-refractivity contribution is -0.121. The van der Waals surface area contributed by atoms with Crippen LogP contribution in [0, 0.1) is 0 Å². The fourth-order valence-corrected chi connectivity index (χ4v) is 3.63. The lowest BCUT2D eigenvalue weighted by Gasteiger charge is -2.35. The van der Waals surface area contributed by atoms with Crippen LogP contribution in [0.2, 0.25) is 5.02 Å². The molecule has 1 saturated heterocycles. The Morgan fingerprint density at radius 1 is 1.19 bits per heavy atom. The van der Waals surface area contributed by atoms with E-state index in [1.54, 1.807) is 7.05 Å². The molecule has 0 aliphatic carbocycles. The number of halogens is 1. The fourth-order valence-electron chi connectivity index (χ4n) is 3.42. The number of carbonyl (C=O) groups is 1. The van der Waals surface area contributed by atoms with Gasteiger partial charge in [-0.15, -0.1) is 0 Å². The van der Waals surface area contributed by atoms with Gasteiger partial charge in [-0.25, -0.2) is 4.98 Å². The van der Waals surface area contributed by atoms with Crippen molar-refractivity contribution < 1.29 is 4.79 Å². The number of imidazole rings is 1. The summed E-state index contributed by atoms with van der Waals surface area (Å²) >= 11 is 6.46. The summed E-state index contributed by atoms with van der Waals surface area (Å²) in [7, 11) is 1.67. The van der Waals surface area contributed by atoms with Crippen LogP contribution in [0.4, 0.5) is 5.69 Å². The van der Waals surface area contributed by atoms with E-state index in [0.717, 1.165) is 54.3 Å². The summed E-state index contributed by atoms with van der Waals surface area (Å²) in [6.45, 7) is 3.91. The summed E-state index contributed by atoms with van der Waals surface area (Å²) in [6.07, 6.45) is 0. The minimum Gasteiger partial charge on any atom is -0.369 e. The molecule has 140 valence electrons. The Hall–Kier alpha value is -2.57. The van der Waals surface area contributed by atoms with E-state index in [2.05, 4.69) is 31.2 Å². The molecule has 2 aromatic carbocycles. The summed E-state index contributed by atoms with van der Waals surface area (Å²) in [6, 6.07) is 14.0. The summed E-state index contributed by atoms with van der Waals surface area (Å²) in [5, 5.41) is 3.36. The van der Waals surface area contributed by atoms with Gasteiger partial charge in [0.1, 0.15) is 5.82 Å². The van der Waals surface area contributed by atoms with Crippen LogP contribution in [-0.4, -0.2) is 60.5 Å². The number of aromatic amines is 1. The van der Waals surface area contributed by atoms with Gasteiger partial charge in [0.25, 0.3) is 0 Å². The third-order valence-corrected chi connectivity index (χ3v) is 5.31. The lowest BCUT2D eigenvalue weighted by Crippen LogP contribution is -2.49. The van der Waals surface area contributed by atoms with Crippen LogP contribution in [0.25, 0.3) is 22.4 Å². The van der Waals surface area contributed by atoms with E-state index < -0.39 is 0 Å². The molecule has 0 spiro atoms. The lowest BCUT2D eigenvalue weighted by atomic mass is 10.1. The fraction of sp³-hybridized carbons (Fsp3) is 0.300. The maximum atomic E-state index is 11.6. The molecule has 1 amide bonds. The van der Waals surface area contributed by atoms with Crippen molar-refractivity contribution in [3.05, 3.63) is 47.5 Å².